The first-order chi connectivity index (χ1) is 9.22. The molecule has 0 saturated carbocycles. The van der Waals surface area contributed by atoms with Crippen LogP contribution in [0, 0.1) is 0 Å². The molecule has 20 heavy (non-hydrogen) atoms. The number of amides is 2. The zero-order valence-electron chi connectivity index (χ0n) is 12.4. The predicted octanol–water partition coefficient (Wildman–Crippen LogP) is 0.388. The highest BCUT2D eigenvalue weighted by Gasteiger charge is 2.22. The summed E-state index contributed by atoms with van der Waals surface area (Å²) in [4.78, 5) is 31.5. The minimum absolute atomic E-state index is 0.00828. The van der Waals surface area contributed by atoms with E-state index in [1.54, 1.807) is 11.9 Å². The molecule has 0 aromatic carbocycles. The van der Waals surface area contributed by atoms with Crippen LogP contribution >= 0.6 is 11.3 Å². The molecule has 0 saturated heterocycles. The second kappa shape index (κ2) is 6.56. The third-order valence-corrected chi connectivity index (χ3v) is 3.62. The van der Waals surface area contributed by atoms with Gasteiger partial charge in [0.2, 0.25) is 5.91 Å². The lowest BCUT2D eigenvalue weighted by molar-refractivity contribution is -0.122. The smallest absolute Gasteiger partial charge is 0.268 e. The lowest BCUT2D eigenvalue weighted by Crippen LogP contribution is -2.40. The molecule has 0 aliphatic rings. The standard InChI is InChI=1S/C12H21N5O2S/c1-7(2)14-8(18)6-17(5)11(19)9-10(13)15-12(20-9)16(3)4/h7H,6,13H2,1-5H3,(H,14,18). The molecule has 1 aromatic rings. The first-order valence-electron chi connectivity index (χ1n) is 6.20. The van der Waals surface area contributed by atoms with Crippen molar-refractivity contribution >= 4 is 34.1 Å². The number of hydrogen-bond acceptors (Lipinski definition) is 6. The molecular formula is C12H21N5O2S. The molecule has 0 bridgehead atoms. The maximum atomic E-state index is 12.2. The largest absolute Gasteiger partial charge is 0.382 e. The first kappa shape index (κ1) is 16.2. The number of carbonyl (C=O) groups is 2. The van der Waals surface area contributed by atoms with Crippen molar-refractivity contribution in [2.24, 2.45) is 0 Å². The summed E-state index contributed by atoms with van der Waals surface area (Å²) in [7, 11) is 5.22. The monoisotopic (exact) mass is 299 g/mol. The van der Waals surface area contributed by atoms with E-state index < -0.39 is 0 Å². The fourth-order valence-corrected chi connectivity index (χ4v) is 2.40. The second-order valence-corrected chi connectivity index (χ2v) is 5.97. The Hall–Kier alpha value is -1.83. The van der Waals surface area contributed by atoms with Gasteiger partial charge in [-0.05, 0) is 13.8 Å². The minimum atomic E-state index is -0.299. The summed E-state index contributed by atoms with van der Waals surface area (Å²) >= 11 is 1.21. The van der Waals surface area contributed by atoms with Crippen LogP contribution in [0.25, 0.3) is 0 Å². The molecule has 0 radical (unpaired) electrons. The van der Waals surface area contributed by atoms with E-state index in [1.165, 1.54) is 16.2 Å². The van der Waals surface area contributed by atoms with E-state index in [1.807, 2.05) is 27.9 Å². The number of nitrogens with one attached hydrogen (secondary N) is 1. The molecule has 8 heteroatoms. The Morgan fingerprint density at radius 2 is 1.95 bits per heavy atom. The molecule has 7 nitrogen and oxygen atoms in total. The number of carbonyl (C=O) groups excluding carboxylic acids is 2. The summed E-state index contributed by atoms with van der Waals surface area (Å²) < 4.78 is 0. The Bertz CT molecular complexity index is 498. The van der Waals surface area contributed by atoms with E-state index in [0.29, 0.717) is 10.0 Å². The van der Waals surface area contributed by atoms with Crippen molar-refractivity contribution in [1.29, 1.82) is 0 Å². The van der Waals surface area contributed by atoms with Gasteiger partial charge in [0.15, 0.2) is 5.13 Å². The molecule has 0 atom stereocenters. The van der Waals surface area contributed by atoms with Crippen LogP contribution in [0.5, 0.6) is 0 Å². The minimum Gasteiger partial charge on any atom is -0.382 e. The van der Waals surface area contributed by atoms with Gasteiger partial charge in [-0.2, -0.15) is 0 Å². The van der Waals surface area contributed by atoms with E-state index >= 15 is 0 Å². The quantitative estimate of drug-likeness (QED) is 0.820. The molecule has 3 N–H and O–H groups in total. The third-order valence-electron chi connectivity index (χ3n) is 2.40. The van der Waals surface area contributed by atoms with Crippen LogP contribution in [0.2, 0.25) is 0 Å². The molecule has 2 amide bonds. The van der Waals surface area contributed by atoms with Crippen molar-refractivity contribution in [1.82, 2.24) is 15.2 Å². The molecule has 1 aromatic heterocycles. The number of nitrogens with two attached hydrogens (primary N) is 1. The van der Waals surface area contributed by atoms with E-state index in [9.17, 15) is 9.59 Å². The number of aromatic nitrogens is 1. The number of nitrogen functional groups attached to an aromatic ring is 1. The lowest BCUT2D eigenvalue weighted by Gasteiger charge is -2.17. The van der Waals surface area contributed by atoms with Gasteiger partial charge < -0.3 is 20.9 Å². The fraction of sp³-hybridized carbons (Fsp3) is 0.583. The Labute approximate surface area is 122 Å². The molecule has 112 valence electrons. The highest BCUT2D eigenvalue weighted by Crippen LogP contribution is 2.27. The van der Waals surface area contributed by atoms with Crippen LogP contribution < -0.4 is 16.0 Å². The Morgan fingerprint density at radius 1 is 1.35 bits per heavy atom. The lowest BCUT2D eigenvalue weighted by atomic mass is 10.3. The summed E-state index contributed by atoms with van der Waals surface area (Å²) in [6.07, 6.45) is 0. The second-order valence-electron chi connectivity index (χ2n) is 4.99. The van der Waals surface area contributed by atoms with Crippen molar-refractivity contribution in [3.8, 4) is 0 Å². The van der Waals surface area contributed by atoms with Gasteiger partial charge in [-0.15, -0.1) is 0 Å². The summed E-state index contributed by atoms with van der Waals surface area (Å²) in [5.74, 6) is -0.307. The summed E-state index contributed by atoms with van der Waals surface area (Å²) in [6, 6.07) is 0.0415. The molecule has 0 spiro atoms. The van der Waals surface area contributed by atoms with Gasteiger partial charge in [0.05, 0.1) is 6.54 Å². The van der Waals surface area contributed by atoms with Crippen LogP contribution in [0.3, 0.4) is 0 Å². The number of thiazole rings is 1. The molecule has 0 fully saturated rings. The van der Waals surface area contributed by atoms with Crippen LogP contribution in [-0.4, -0.2) is 55.4 Å². The van der Waals surface area contributed by atoms with Gasteiger partial charge in [0.1, 0.15) is 10.7 Å². The van der Waals surface area contributed by atoms with Gasteiger partial charge in [0.25, 0.3) is 5.91 Å². The number of likely N-dealkylation sites (N-methyl/N-ethyl adjacent to an activating group) is 1. The van der Waals surface area contributed by atoms with Crippen molar-refractivity contribution in [2.75, 3.05) is 38.3 Å². The van der Waals surface area contributed by atoms with Gasteiger partial charge >= 0.3 is 0 Å². The molecule has 0 aliphatic carbocycles. The summed E-state index contributed by atoms with van der Waals surface area (Å²) in [6.45, 7) is 3.72. The van der Waals surface area contributed by atoms with E-state index in [4.69, 9.17) is 5.73 Å². The van der Waals surface area contributed by atoms with E-state index in [0.717, 1.165) is 0 Å². The van der Waals surface area contributed by atoms with Gasteiger partial charge in [0, 0.05) is 27.2 Å². The Kier molecular flexibility index (Phi) is 5.32. The maximum Gasteiger partial charge on any atom is 0.268 e. The SMILES string of the molecule is CC(C)NC(=O)CN(C)C(=O)c1sc(N(C)C)nc1N. The first-order valence-corrected chi connectivity index (χ1v) is 7.02. The highest BCUT2D eigenvalue weighted by atomic mass is 32.1. The van der Waals surface area contributed by atoms with Gasteiger partial charge in [-0.3, -0.25) is 9.59 Å². The van der Waals surface area contributed by atoms with Gasteiger partial charge in [-0.25, -0.2) is 4.98 Å². The predicted molar refractivity (Wildman–Crippen MR) is 81.1 cm³/mol. The van der Waals surface area contributed by atoms with Crippen molar-refractivity contribution < 1.29 is 9.59 Å². The Balaban J connectivity index is 2.76. The van der Waals surface area contributed by atoms with Crippen LogP contribution in [-0.2, 0) is 4.79 Å². The summed E-state index contributed by atoms with van der Waals surface area (Å²) in [5, 5.41) is 3.39. The average molecular weight is 299 g/mol. The number of hydrogen-bond donors (Lipinski definition) is 2. The summed E-state index contributed by atoms with van der Waals surface area (Å²) in [5.41, 5.74) is 5.75. The molecule has 1 rings (SSSR count). The number of nitrogens with zero attached hydrogens (tertiary/aromatic N) is 3. The van der Waals surface area contributed by atoms with Crippen LogP contribution in [0.4, 0.5) is 10.9 Å². The normalized spacial score (nSPS) is 10.5. The maximum absolute atomic E-state index is 12.2. The highest BCUT2D eigenvalue weighted by molar-refractivity contribution is 7.18. The van der Waals surface area contributed by atoms with Crippen molar-refractivity contribution in [3.63, 3.8) is 0 Å². The number of rotatable bonds is 5. The fourth-order valence-electron chi connectivity index (χ4n) is 1.49. The Morgan fingerprint density at radius 3 is 2.40 bits per heavy atom. The molecule has 0 aliphatic heterocycles. The zero-order chi connectivity index (χ0) is 15.4. The van der Waals surface area contributed by atoms with Crippen molar-refractivity contribution in [2.45, 2.75) is 19.9 Å². The van der Waals surface area contributed by atoms with Crippen LogP contribution in [0.15, 0.2) is 0 Å². The van der Waals surface area contributed by atoms with Crippen molar-refractivity contribution in [3.05, 3.63) is 4.88 Å². The van der Waals surface area contributed by atoms with E-state index in [2.05, 4.69) is 10.3 Å². The third kappa shape index (κ3) is 4.09. The molecule has 0 unspecified atom stereocenters. The topological polar surface area (TPSA) is 91.6 Å². The van der Waals surface area contributed by atoms with Gasteiger partial charge in [-0.1, -0.05) is 11.3 Å². The zero-order valence-corrected chi connectivity index (χ0v) is 13.2. The average Bonchev–Trinajstić information content (AvgIpc) is 2.69. The molecule has 1 heterocycles. The molecular weight excluding hydrogens is 278 g/mol. The van der Waals surface area contributed by atoms with E-state index in [-0.39, 0.29) is 30.2 Å². The van der Waals surface area contributed by atoms with Crippen LogP contribution in [0.1, 0.15) is 23.5 Å². The number of anilines is 2.